The summed E-state index contributed by atoms with van der Waals surface area (Å²) in [7, 11) is 4.95. The van der Waals surface area contributed by atoms with Gasteiger partial charge in [0.1, 0.15) is 17.9 Å². The summed E-state index contributed by atoms with van der Waals surface area (Å²) in [5, 5.41) is 0. The summed E-state index contributed by atoms with van der Waals surface area (Å²) in [5.41, 5.74) is 4.25. The Bertz CT molecular complexity index is 1220. The van der Waals surface area contributed by atoms with E-state index in [0.29, 0.717) is 12.3 Å². The van der Waals surface area contributed by atoms with Crippen LogP contribution in [0.1, 0.15) is 24.0 Å². The van der Waals surface area contributed by atoms with Gasteiger partial charge in [0.25, 0.3) is 0 Å². The lowest BCUT2D eigenvalue weighted by atomic mass is 9.92. The summed E-state index contributed by atoms with van der Waals surface area (Å²) in [6.45, 7) is 2.94. The van der Waals surface area contributed by atoms with Crippen molar-refractivity contribution >= 4 is 11.7 Å². The number of aromatic nitrogens is 2. The second-order valence-electron chi connectivity index (χ2n) is 9.24. The monoisotopic (exact) mass is 488 g/mol. The fourth-order valence-electron chi connectivity index (χ4n) is 5.12. The highest BCUT2D eigenvalue weighted by molar-refractivity contribution is 5.79. The van der Waals surface area contributed by atoms with Crippen LogP contribution in [0.15, 0.2) is 48.8 Å². The number of ether oxygens (including phenoxy) is 3. The number of carbonyl (C=O) groups excluding carboxylic acids is 1. The molecule has 1 fully saturated rings. The summed E-state index contributed by atoms with van der Waals surface area (Å²) in [5.74, 6) is 3.44. The molecule has 0 atom stereocenters. The molecule has 1 aromatic heterocycles. The van der Waals surface area contributed by atoms with Crippen LogP contribution in [0.2, 0.25) is 0 Å². The highest BCUT2D eigenvalue weighted by Crippen LogP contribution is 2.34. The molecule has 0 bridgehead atoms. The largest absolute Gasteiger partial charge is 0.497 e. The summed E-state index contributed by atoms with van der Waals surface area (Å²) < 4.78 is 16.2. The van der Waals surface area contributed by atoms with E-state index in [4.69, 9.17) is 14.2 Å². The van der Waals surface area contributed by atoms with Crippen molar-refractivity contribution in [1.29, 1.82) is 0 Å². The first kappa shape index (κ1) is 23.9. The molecule has 3 heterocycles. The zero-order valence-electron chi connectivity index (χ0n) is 21.1. The van der Waals surface area contributed by atoms with Crippen LogP contribution in [-0.4, -0.2) is 61.7 Å². The zero-order chi connectivity index (χ0) is 25.1. The lowest BCUT2D eigenvalue weighted by molar-refractivity contribution is -0.137. The topological polar surface area (TPSA) is 77.0 Å². The van der Waals surface area contributed by atoms with Crippen molar-refractivity contribution in [3.63, 3.8) is 0 Å². The van der Waals surface area contributed by atoms with Crippen LogP contribution in [0, 0.1) is 5.92 Å². The van der Waals surface area contributed by atoms with E-state index < -0.39 is 0 Å². The first-order valence-electron chi connectivity index (χ1n) is 12.3. The van der Waals surface area contributed by atoms with Gasteiger partial charge in [0, 0.05) is 43.7 Å². The Morgan fingerprint density at radius 2 is 1.56 bits per heavy atom. The van der Waals surface area contributed by atoms with Gasteiger partial charge in [-0.2, -0.15) is 0 Å². The standard InChI is InChI=1S/C28H32N4O4/c1-34-23-6-4-19(5-7-23)24-16-27(30-18-29-24)31-11-8-20(9-12-31)28(33)32-13-10-21-14-25(35-2)26(36-3)15-22(21)17-32/h4-7,14-16,18,20H,8-13,17H2,1-3H3. The third-order valence-electron chi connectivity index (χ3n) is 7.24. The molecule has 1 saturated heterocycles. The van der Waals surface area contributed by atoms with Gasteiger partial charge in [0.15, 0.2) is 11.5 Å². The summed E-state index contributed by atoms with van der Waals surface area (Å²) >= 11 is 0. The second kappa shape index (κ2) is 10.4. The van der Waals surface area contributed by atoms with Gasteiger partial charge in [-0.05, 0) is 66.8 Å². The Morgan fingerprint density at radius 3 is 2.22 bits per heavy atom. The number of piperidine rings is 1. The third kappa shape index (κ3) is 4.80. The first-order valence-corrected chi connectivity index (χ1v) is 12.3. The number of nitrogens with zero attached hydrogens (tertiary/aromatic N) is 4. The van der Waals surface area contributed by atoms with E-state index in [2.05, 4.69) is 14.9 Å². The molecular weight excluding hydrogens is 456 g/mol. The molecule has 0 radical (unpaired) electrons. The molecule has 5 rings (SSSR count). The molecule has 2 aromatic carbocycles. The van der Waals surface area contributed by atoms with Crippen molar-refractivity contribution in [2.24, 2.45) is 5.92 Å². The molecule has 0 aliphatic carbocycles. The fraction of sp³-hybridized carbons (Fsp3) is 0.393. The summed E-state index contributed by atoms with van der Waals surface area (Å²) in [6, 6.07) is 13.9. The summed E-state index contributed by atoms with van der Waals surface area (Å²) in [4.78, 5) is 26.6. The first-order chi connectivity index (χ1) is 17.6. The average Bonchev–Trinajstić information content (AvgIpc) is 2.96. The van der Waals surface area contributed by atoms with Gasteiger partial charge >= 0.3 is 0 Å². The van der Waals surface area contributed by atoms with E-state index in [1.807, 2.05) is 47.4 Å². The minimum Gasteiger partial charge on any atom is -0.497 e. The van der Waals surface area contributed by atoms with Crippen LogP contribution in [0.4, 0.5) is 5.82 Å². The van der Waals surface area contributed by atoms with E-state index in [0.717, 1.165) is 73.0 Å². The van der Waals surface area contributed by atoms with Crippen LogP contribution < -0.4 is 19.1 Å². The van der Waals surface area contributed by atoms with E-state index in [1.54, 1.807) is 27.7 Å². The van der Waals surface area contributed by atoms with Crippen molar-refractivity contribution in [3.8, 4) is 28.5 Å². The van der Waals surface area contributed by atoms with Crippen molar-refractivity contribution in [2.75, 3.05) is 45.9 Å². The van der Waals surface area contributed by atoms with Crippen LogP contribution in [0.3, 0.4) is 0 Å². The number of methoxy groups -OCH3 is 3. The molecule has 1 amide bonds. The van der Waals surface area contributed by atoms with Crippen molar-refractivity contribution in [2.45, 2.75) is 25.8 Å². The van der Waals surface area contributed by atoms with Crippen LogP contribution in [-0.2, 0) is 17.8 Å². The van der Waals surface area contributed by atoms with Crippen LogP contribution in [0.25, 0.3) is 11.3 Å². The van der Waals surface area contributed by atoms with E-state index in [-0.39, 0.29) is 11.8 Å². The SMILES string of the molecule is COc1ccc(-c2cc(N3CCC(C(=O)N4CCc5cc(OC)c(OC)cc5C4)CC3)ncn2)cc1. The lowest BCUT2D eigenvalue weighted by Gasteiger charge is -2.36. The lowest BCUT2D eigenvalue weighted by Crippen LogP contribution is -2.44. The molecular formula is C28H32N4O4. The van der Waals surface area contributed by atoms with Gasteiger partial charge in [-0.15, -0.1) is 0 Å². The number of anilines is 1. The summed E-state index contributed by atoms with van der Waals surface area (Å²) in [6.07, 6.45) is 4.07. The van der Waals surface area contributed by atoms with Gasteiger partial charge in [-0.1, -0.05) is 0 Å². The molecule has 0 spiro atoms. The van der Waals surface area contributed by atoms with Gasteiger partial charge in [-0.25, -0.2) is 9.97 Å². The predicted molar refractivity (Wildman–Crippen MR) is 138 cm³/mol. The quantitative estimate of drug-likeness (QED) is 0.520. The number of fused-ring (bicyclic) bond motifs is 1. The highest BCUT2D eigenvalue weighted by Gasteiger charge is 2.31. The van der Waals surface area contributed by atoms with Crippen molar-refractivity contribution < 1.29 is 19.0 Å². The minimum absolute atomic E-state index is 0.0332. The van der Waals surface area contributed by atoms with E-state index in [9.17, 15) is 4.79 Å². The molecule has 36 heavy (non-hydrogen) atoms. The molecule has 8 nitrogen and oxygen atoms in total. The third-order valence-corrected chi connectivity index (χ3v) is 7.24. The van der Waals surface area contributed by atoms with Gasteiger partial charge in [0.2, 0.25) is 5.91 Å². The second-order valence-corrected chi connectivity index (χ2v) is 9.24. The van der Waals surface area contributed by atoms with E-state index >= 15 is 0 Å². The predicted octanol–water partition coefficient (Wildman–Crippen LogP) is 3.97. The van der Waals surface area contributed by atoms with Crippen molar-refractivity contribution in [1.82, 2.24) is 14.9 Å². The number of benzene rings is 2. The highest BCUT2D eigenvalue weighted by atomic mass is 16.5. The Balaban J connectivity index is 1.22. The number of amides is 1. The molecule has 0 unspecified atom stereocenters. The molecule has 0 N–H and O–H groups in total. The van der Waals surface area contributed by atoms with E-state index in [1.165, 1.54) is 5.56 Å². The maximum absolute atomic E-state index is 13.4. The Labute approximate surface area is 211 Å². The maximum atomic E-state index is 13.4. The molecule has 2 aliphatic rings. The minimum atomic E-state index is 0.0332. The Hall–Kier alpha value is -3.81. The molecule has 188 valence electrons. The van der Waals surface area contributed by atoms with Gasteiger partial charge in [0.05, 0.1) is 27.0 Å². The maximum Gasteiger partial charge on any atom is 0.226 e. The Morgan fingerprint density at radius 1 is 0.861 bits per heavy atom. The molecule has 3 aromatic rings. The van der Waals surface area contributed by atoms with Crippen LogP contribution >= 0.6 is 0 Å². The van der Waals surface area contributed by atoms with Crippen LogP contribution in [0.5, 0.6) is 17.2 Å². The molecule has 8 heteroatoms. The number of carbonyl (C=O) groups is 1. The molecule has 2 aliphatic heterocycles. The van der Waals surface area contributed by atoms with Crippen molar-refractivity contribution in [3.05, 3.63) is 59.9 Å². The average molecular weight is 489 g/mol. The Kier molecular flexibility index (Phi) is 6.93. The smallest absolute Gasteiger partial charge is 0.226 e. The molecule has 0 saturated carbocycles. The van der Waals surface area contributed by atoms with Gasteiger partial charge in [-0.3, -0.25) is 4.79 Å². The number of hydrogen-bond acceptors (Lipinski definition) is 7. The zero-order valence-corrected chi connectivity index (χ0v) is 21.1. The number of rotatable bonds is 6. The normalized spacial score (nSPS) is 15.9. The number of hydrogen-bond donors (Lipinski definition) is 0. The fourth-order valence-corrected chi connectivity index (χ4v) is 5.12. The van der Waals surface area contributed by atoms with Gasteiger partial charge < -0.3 is 24.0 Å².